The molecule has 0 saturated carbocycles. The van der Waals surface area contributed by atoms with Crippen LogP contribution in [0, 0.1) is 11.3 Å². The molecule has 0 spiro atoms. The van der Waals surface area contributed by atoms with Crippen LogP contribution in [0.5, 0.6) is 5.75 Å². The number of benzene rings is 1. The first kappa shape index (κ1) is 33.0. The van der Waals surface area contributed by atoms with Crippen LogP contribution >= 0.6 is 0 Å². The van der Waals surface area contributed by atoms with Gasteiger partial charge in [0.25, 0.3) is 0 Å². The van der Waals surface area contributed by atoms with Gasteiger partial charge in [-0.2, -0.15) is 80.5 Å². The van der Waals surface area contributed by atoms with Crippen molar-refractivity contribution in [1.82, 2.24) is 5.48 Å². The van der Waals surface area contributed by atoms with Gasteiger partial charge in [-0.15, -0.1) is 0 Å². The second-order valence-electron chi connectivity index (χ2n) is 6.37. The highest BCUT2D eigenvalue weighted by atomic mass is 32.2. The van der Waals surface area contributed by atoms with Crippen molar-refractivity contribution < 1.29 is 84.0 Å². The smallest absolute Gasteiger partial charge is 0.471 e. The number of alkyl halides is 10. The molecule has 0 radical (unpaired) electrons. The summed E-state index contributed by atoms with van der Waals surface area (Å²) in [6.45, 7) is 0. The standard InChI is InChI=1S/C16H9F13N2O6S/c1-34-8-4-2-7(3-5-8)9(6-30)31-37-38(32,33)16(28,29)15(26,27)36-12(20,13(21,22)23)14(24,25)35-11(19)10(17)18/h2-5,9,31H,1H3. The van der Waals surface area contributed by atoms with Gasteiger partial charge < -0.3 is 9.47 Å². The van der Waals surface area contributed by atoms with Crippen molar-refractivity contribution in [2.75, 3.05) is 7.11 Å². The summed E-state index contributed by atoms with van der Waals surface area (Å²) in [5, 5.41) is 1.78. The first-order valence-corrected chi connectivity index (χ1v) is 10.1. The van der Waals surface area contributed by atoms with E-state index in [-0.39, 0.29) is 11.3 Å². The average molecular weight is 604 g/mol. The molecule has 0 fully saturated rings. The zero-order valence-electron chi connectivity index (χ0n) is 17.6. The monoisotopic (exact) mass is 604 g/mol. The Kier molecular flexibility index (Phi) is 9.54. The van der Waals surface area contributed by atoms with Crippen LogP contribution in [-0.4, -0.2) is 45.0 Å². The van der Waals surface area contributed by atoms with E-state index < -0.39 is 57.8 Å². The lowest BCUT2D eigenvalue weighted by atomic mass is 10.1. The molecule has 1 aromatic carbocycles. The van der Waals surface area contributed by atoms with E-state index in [1.54, 1.807) is 4.74 Å². The normalized spacial score (nSPS) is 15.7. The highest BCUT2D eigenvalue weighted by Crippen LogP contribution is 2.53. The van der Waals surface area contributed by atoms with E-state index in [0.717, 1.165) is 29.7 Å². The second-order valence-corrected chi connectivity index (χ2v) is 7.96. The third-order valence-electron chi connectivity index (χ3n) is 3.88. The van der Waals surface area contributed by atoms with E-state index in [2.05, 4.69) is 4.28 Å². The summed E-state index contributed by atoms with van der Waals surface area (Å²) in [6, 6.07) is -0.636. The quantitative estimate of drug-likeness (QED) is 0.198. The van der Waals surface area contributed by atoms with E-state index in [1.165, 1.54) is 13.2 Å². The highest BCUT2D eigenvalue weighted by Gasteiger charge is 2.83. The fourth-order valence-corrected chi connectivity index (χ4v) is 2.67. The van der Waals surface area contributed by atoms with Gasteiger partial charge in [-0.1, -0.05) is 12.1 Å². The molecule has 0 amide bonds. The molecule has 0 bridgehead atoms. The number of nitrogens with one attached hydrogen (secondary N) is 1. The maximum atomic E-state index is 14.0. The summed E-state index contributed by atoms with van der Waals surface area (Å²) in [5.74, 6) is -7.44. The van der Waals surface area contributed by atoms with E-state index in [0.29, 0.717) is 0 Å². The maximum Gasteiger partial charge on any atom is 0.471 e. The molecule has 8 nitrogen and oxygen atoms in total. The van der Waals surface area contributed by atoms with E-state index in [1.807, 2.05) is 4.74 Å². The van der Waals surface area contributed by atoms with Crippen LogP contribution in [0.1, 0.15) is 11.6 Å². The lowest BCUT2D eigenvalue weighted by Crippen LogP contribution is -2.64. The van der Waals surface area contributed by atoms with Crippen LogP contribution in [-0.2, 0) is 23.9 Å². The van der Waals surface area contributed by atoms with Gasteiger partial charge in [0.05, 0.1) is 13.2 Å². The Morgan fingerprint density at radius 2 is 1.42 bits per heavy atom. The van der Waals surface area contributed by atoms with Crippen molar-refractivity contribution in [2.24, 2.45) is 0 Å². The molecule has 0 saturated heterocycles. The van der Waals surface area contributed by atoms with Crippen LogP contribution < -0.4 is 10.2 Å². The van der Waals surface area contributed by atoms with Crippen LogP contribution in [0.3, 0.4) is 0 Å². The molecule has 22 heteroatoms. The minimum Gasteiger partial charge on any atom is -0.497 e. The van der Waals surface area contributed by atoms with Crippen molar-refractivity contribution in [3.63, 3.8) is 0 Å². The fourth-order valence-electron chi connectivity index (χ4n) is 2.01. The average Bonchev–Trinajstić information content (AvgIpc) is 2.78. The fraction of sp³-hybridized carbons (Fsp3) is 0.438. The van der Waals surface area contributed by atoms with Gasteiger partial charge in [0, 0.05) is 0 Å². The third-order valence-corrected chi connectivity index (χ3v) is 5.06. The zero-order valence-corrected chi connectivity index (χ0v) is 18.4. The minimum absolute atomic E-state index is 0.145. The number of ether oxygens (including phenoxy) is 3. The Morgan fingerprint density at radius 3 is 1.82 bits per heavy atom. The number of methoxy groups -OCH3 is 1. The summed E-state index contributed by atoms with van der Waals surface area (Å²) in [4.78, 5) is 0. The highest BCUT2D eigenvalue weighted by molar-refractivity contribution is 7.87. The summed E-state index contributed by atoms with van der Waals surface area (Å²) < 4.78 is 206. The predicted octanol–water partition coefficient (Wildman–Crippen LogP) is 5.19. The van der Waals surface area contributed by atoms with E-state index in [9.17, 15) is 65.5 Å². The Hall–Kier alpha value is -3.03. The Balaban J connectivity index is 3.35. The van der Waals surface area contributed by atoms with Crippen LogP contribution in [0.2, 0.25) is 0 Å². The van der Waals surface area contributed by atoms with Crippen molar-refractivity contribution >= 4 is 10.1 Å². The molecular formula is C16H9F13N2O6S. The van der Waals surface area contributed by atoms with Gasteiger partial charge in [0.1, 0.15) is 11.8 Å². The van der Waals surface area contributed by atoms with E-state index in [4.69, 9.17) is 10.00 Å². The SMILES string of the molecule is COc1ccc(C(C#N)NOS(=O)(=O)C(F)(F)C(F)(F)OC(F)(C(F)(F)F)C(F)(F)OC(F)=C(F)F)cc1. The molecule has 1 rings (SSSR count). The molecule has 2 atom stereocenters. The van der Waals surface area contributed by atoms with Gasteiger partial charge in [0.2, 0.25) is 0 Å². The maximum absolute atomic E-state index is 14.0. The van der Waals surface area contributed by atoms with Crippen LogP contribution in [0.15, 0.2) is 36.4 Å². The number of rotatable bonds is 12. The van der Waals surface area contributed by atoms with E-state index >= 15 is 0 Å². The van der Waals surface area contributed by atoms with Gasteiger partial charge in [-0.3, -0.25) is 4.74 Å². The first-order valence-electron chi connectivity index (χ1n) is 8.70. The molecule has 0 aliphatic heterocycles. The number of hydroxylamine groups is 1. The summed E-state index contributed by atoms with van der Waals surface area (Å²) in [7, 11) is -6.17. The molecule has 1 aromatic rings. The molecule has 216 valence electrons. The van der Waals surface area contributed by atoms with Crippen molar-refractivity contribution in [2.45, 2.75) is 35.5 Å². The first-order chi connectivity index (χ1) is 17.0. The number of nitriles is 1. The van der Waals surface area contributed by atoms with Gasteiger partial charge in [0.15, 0.2) is 0 Å². The summed E-state index contributed by atoms with van der Waals surface area (Å²) >= 11 is 0. The molecule has 2 unspecified atom stereocenters. The molecule has 0 aliphatic carbocycles. The Bertz CT molecular complexity index is 1160. The Labute approximate surface area is 202 Å². The molecule has 0 aliphatic rings. The lowest BCUT2D eigenvalue weighted by Gasteiger charge is -2.36. The lowest BCUT2D eigenvalue weighted by molar-refractivity contribution is -0.510. The van der Waals surface area contributed by atoms with Crippen LogP contribution in [0.25, 0.3) is 0 Å². The third kappa shape index (κ3) is 6.51. The number of hydrogen-bond donors (Lipinski definition) is 1. The summed E-state index contributed by atoms with van der Waals surface area (Å²) in [6.07, 6.45) is -26.3. The predicted molar refractivity (Wildman–Crippen MR) is 91.7 cm³/mol. The minimum atomic E-state index is -7.59. The van der Waals surface area contributed by atoms with Crippen molar-refractivity contribution in [1.29, 1.82) is 5.26 Å². The zero-order chi connectivity index (χ0) is 30.0. The van der Waals surface area contributed by atoms with Gasteiger partial charge >= 0.3 is 51.7 Å². The molecule has 1 N–H and O–H groups in total. The number of halogens is 13. The largest absolute Gasteiger partial charge is 0.497 e. The summed E-state index contributed by atoms with van der Waals surface area (Å²) in [5.41, 5.74) is 0.713. The van der Waals surface area contributed by atoms with Crippen molar-refractivity contribution in [3.05, 3.63) is 41.9 Å². The number of hydrogen-bond acceptors (Lipinski definition) is 8. The number of nitrogens with zero attached hydrogens (tertiary/aromatic N) is 1. The Morgan fingerprint density at radius 1 is 0.921 bits per heavy atom. The molecule has 0 heterocycles. The molecule has 38 heavy (non-hydrogen) atoms. The topological polar surface area (TPSA) is 107 Å². The van der Waals surface area contributed by atoms with Gasteiger partial charge in [-0.25, -0.2) is 0 Å². The van der Waals surface area contributed by atoms with Gasteiger partial charge in [-0.05, 0) is 17.7 Å². The second kappa shape index (κ2) is 11.0. The molecular weight excluding hydrogens is 595 g/mol. The van der Waals surface area contributed by atoms with Crippen LogP contribution in [0.4, 0.5) is 57.1 Å². The van der Waals surface area contributed by atoms with Crippen molar-refractivity contribution in [3.8, 4) is 11.8 Å². The molecule has 0 aromatic heterocycles.